The molecule has 1 aliphatic heterocycles. The third-order valence-corrected chi connectivity index (χ3v) is 3.47. The van der Waals surface area contributed by atoms with E-state index in [4.69, 9.17) is 0 Å². The van der Waals surface area contributed by atoms with Crippen LogP contribution in [-0.2, 0) is 14.4 Å². The second kappa shape index (κ2) is 5.29. The van der Waals surface area contributed by atoms with Gasteiger partial charge in [0.05, 0.1) is 0 Å². The fourth-order valence-corrected chi connectivity index (χ4v) is 1.84. The van der Waals surface area contributed by atoms with Gasteiger partial charge in [0.15, 0.2) is 0 Å². The topological polar surface area (TPSA) is 66.5 Å². The van der Waals surface area contributed by atoms with Crippen molar-refractivity contribution in [2.45, 2.75) is 46.2 Å². The lowest BCUT2D eigenvalue weighted by molar-refractivity contribution is -0.150. The zero-order valence-corrected chi connectivity index (χ0v) is 10.7. The summed E-state index contributed by atoms with van der Waals surface area (Å²) in [5.41, 5.74) is -0.634. The molecule has 0 radical (unpaired) electrons. The Balaban J connectivity index is 2.75. The van der Waals surface area contributed by atoms with Crippen LogP contribution in [0, 0.1) is 5.41 Å². The van der Waals surface area contributed by atoms with Crippen LogP contribution in [0.5, 0.6) is 0 Å². The van der Waals surface area contributed by atoms with E-state index in [1.807, 2.05) is 6.92 Å². The highest BCUT2D eigenvalue weighted by atomic mass is 16.2. The number of Topliss-reactive ketones (excluding diaryl/α,β-unsaturated/α-hetero) is 1. The van der Waals surface area contributed by atoms with E-state index in [0.29, 0.717) is 25.8 Å². The van der Waals surface area contributed by atoms with Crippen LogP contribution in [0.15, 0.2) is 0 Å². The van der Waals surface area contributed by atoms with Crippen LogP contribution in [0.3, 0.4) is 0 Å². The van der Waals surface area contributed by atoms with Gasteiger partial charge in [-0.25, -0.2) is 0 Å². The molecular weight excluding hydrogens is 220 g/mol. The number of nitrogens with one attached hydrogen (secondary N) is 1. The zero-order valence-electron chi connectivity index (χ0n) is 10.7. The summed E-state index contributed by atoms with van der Waals surface area (Å²) in [4.78, 5) is 36.0. The number of nitrogens with zero attached hydrogens (tertiary/aromatic N) is 1. The molecule has 1 unspecified atom stereocenters. The van der Waals surface area contributed by atoms with Gasteiger partial charge in [0.2, 0.25) is 12.2 Å². The van der Waals surface area contributed by atoms with Crippen molar-refractivity contribution in [3.05, 3.63) is 0 Å². The molecule has 1 atom stereocenters. The van der Waals surface area contributed by atoms with Crippen LogP contribution in [0.1, 0.15) is 40.0 Å². The zero-order chi connectivity index (χ0) is 13.1. The first-order chi connectivity index (χ1) is 7.94. The lowest BCUT2D eigenvalue weighted by atomic mass is 9.84. The number of carbonyl (C=O) groups excluding carboxylic acids is 3. The summed E-state index contributed by atoms with van der Waals surface area (Å²) in [5, 5.41) is 2.57. The quantitative estimate of drug-likeness (QED) is 0.568. The minimum atomic E-state index is -0.634. The Bertz CT molecular complexity index is 326. The van der Waals surface area contributed by atoms with Gasteiger partial charge in [0.25, 0.3) is 5.91 Å². The van der Waals surface area contributed by atoms with Crippen LogP contribution >= 0.6 is 0 Å². The molecule has 5 heteroatoms. The summed E-state index contributed by atoms with van der Waals surface area (Å²) in [5.74, 6) is -0.853. The first kappa shape index (κ1) is 13.7. The van der Waals surface area contributed by atoms with Crippen LogP contribution in [0.25, 0.3) is 0 Å². The van der Waals surface area contributed by atoms with E-state index in [2.05, 4.69) is 5.32 Å². The molecule has 0 aliphatic carbocycles. The smallest absolute Gasteiger partial charge is 0.292 e. The molecule has 1 aliphatic rings. The van der Waals surface area contributed by atoms with Gasteiger partial charge in [0.1, 0.15) is 6.17 Å². The molecule has 0 bridgehead atoms. The Morgan fingerprint density at radius 2 is 2.12 bits per heavy atom. The van der Waals surface area contributed by atoms with E-state index in [1.54, 1.807) is 13.8 Å². The van der Waals surface area contributed by atoms with E-state index in [-0.39, 0.29) is 11.9 Å². The number of carbonyl (C=O) groups is 3. The van der Waals surface area contributed by atoms with Crippen molar-refractivity contribution in [3.63, 3.8) is 0 Å². The molecule has 17 heavy (non-hydrogen) atoms. The number of hydrogen-bond acceptors (Lipinski definition) is 3. The van der Waals surface area contributed by atoms with Crippen LogP contribution in [0.4, 0.5) is 0 Å². The molecular formula is C12H20N2O3. The van der Waals surface area contributed by atoms with Crippen molar-refractivity contribution in [3.8, 4) is 0 Å². The van der Waals surface area contributed by atoms with Gasteiger partial charge >= 0.3 is 0 Å². The summed E-state index contributed by atoms with van der Waals surface area (Å²) >= 11 is 0. The van der Waals surface area contributed by atoms with E-state index < -0.39 is 11.3 Å². The molecule has 1 saturated heterocycles. The van der Waals surface area contributed by atoms with Gasteiger partial charge in [-0.1, -0.05) is 20.8 Å². The van der Waals surface area contributed by atoms with Gasteiger partial charge in [-0.3, -0.25) is 14.4 Å². The Morgan fingerprint density at radius 1 is 1.47 bits per heavy atom. The monoisotopic (exact) mass is 240 g/mol. The highest BCUT2D eigenvalue weighted by Crippen LogP contribution is 2.24. The SMILES string of the molecule is CCC(C)(C)C(=O)C(=O)N1CCCC1NC=O. The number of likely N-dealkylation sites (tertiary alicyclic amines) is 1. The second-order valence-electron chi connectivity index (χ2n) is 5.01. The Kier molecular flexibility index (Phi) is 4.26. The Morgan fingerprint density at radius 3 is 2.65 bits per heavy atom. The maximum Gasteiger partial charge on any atom is 0.292 e. The summed E-state index contributed by atoms with van der Waals surface area (Å²) < 4.78 is 0. The molecule has 96 valence electrons. The van der Waals surface area contributed by atoms with Gasteiger partial charge in [-0.05, 0) is 19.3 Å². The molecule has 1 N–H and O–H groups in total. The third kappa shape index (κ3) is 2.84. The minimum Gasteiger partial charge on any atom is -0.338 e. The minimum absolute atomic E-state index is 0.323. The molecule has 0 aromatic rings. The van der Waals surface area contributed by atoms with Gasteiger partial charge in [0, 0.05) is 12.0 Å². The molecule has 1 heterocycles. The Labute approximate surface area is 102 Å². The molecule has 0 saturated carbocycles. The molecule has 1 fully saturated rings. The standard InChI is InChI=1S/C12H20N2O3/c1-4-12(2,3)10(16)11(17)14-7-5-6-9(14)13-8-15/h8-9H,4-7H2,1-3H3,(H,13,15). The number of ketones is 1. The summed E-state index contributed by atoms with van der Waals surface area (Å²) in [6.07, 6.45) is 2.40. The Hall–Kier alpha value is -1.39. The normalized spacial score (nSPS) is 20.2. The molecule has 0 spiro atoms. The van der Waals surface area contributed by atoms with Crippen molar-refractivity contribution in [2.75, 3.05) is 6.54 Å². The lowest BCUT2D eigenvalue weighted by Gasteiger charge is -2.27. The first-order valence-electron chi connectivity index (χ1n) is 5.99. The second-order valence-corrected chi connectivity index (χ2v) is 5.01. The molecule has 0 aromatic carbocycles. The van der Waals surface area contributed by atoms with Crippen molar-refractivity contribution >= 4 is 18.1 Å². The average molecular weight is 240 g/mol. The van der Waals surface area contributed by atoms with E-state index in [0.717, 1.165) is 6.42 Å². The van der Waals surface area contributed by atoms with Crippen molar-refractivity contribution in [1.29, 1.82) is 0 Å². The highest BCUT2D eigenvalue weighted by molar-refractivity contribution is 6.38. The fraction of sp³-hybridized carbons (Fsp3) is 0.750. The molecule has 2 amide bonds. The van der Waals surface area contributed by atoms with Gasteiger partial charge in [-0.15, -0.1) is 0 Å². The molecule has 0 aromatic heterocycles. The maximum atomic E-state index is 12.1. The van der Waals surface area contributed by atoms with E-state index in [1.165, 1.54) is 4.90 Å². The van der Waals surface area contributed by atoms with Crippen molar-refractivity contribution in [2.24, 2.45) is 5.41 Å². The number of rotatable bonds is 5. The third-order valence-electron chi connectivity index (χ3n) is 3.47. The predicted octanol–water partition coefficient (Wildman–Crippen LogP) is 0.686. The van der Waals surface area contributed by atoms with E-state index >= 15 is 0 Å². The van der Waals surface area contributed by atoms with Crippen LogP contribution in [0.2, 0.25) is 0 Å². The maximum absolute atomic E-state index is 12.1. The molecule has 1 rings (SSSR count). The number of amides is 2. The summed E-state index contributed by atoms with van der Waals surface area (Å²) in [6.45, 7) is 5.96. The highest BCUT2D eigenvalue weighted by Gasteiger charge is 2.38. The predicted molar refractivity (Wildman–Crippen MR) is 63.0 cm³/mol. The summed E-state index contributed by atoms with van der Waals surface area (Å²) in [6, 6.07) is 0. The van der Waals surface area contributed by atoms with Crippen LogP contribution < -0.4 is 5.32 Å². The first-order valence-corrected chi connectivity index (χ1v) is 5.99. The lowest BCUT2D eigenvalue weighted by Crippen LogP contribution is -2.49. The van der Waals surface area contributed by atoms with Crippen molar-refractivity contribution < 1.29 is 14.4 Å². The van der Waals surface area contributed by atoms with Gasteiger partial charge < -0.3 is 10.2 Å². The van der Waals surface area contributed by atoms with Crippen molar-refractivity contribution in [1.82, 2.24) is 10.2 Å². The largest absolute Gasteiger partial charge is 0.338 e. The van der Waals surface area contributed by atoms with Gasteiger partial charge in [-0.2, -0.15) is 0 Å². The summed E-state index contributed by atoms with van der Waals surface area (Å²) in [7, 11) is 0. The fourth-order valence-electron chi connectivity index (χ4n) is 1.84. The van der Waals surface area contributed by atoms with Crippen LogP contribution in [-0.4, -0.2) is 35.7 Å². The number of hydrogen-bond donors (Lipinski definition) is 1. The molecule has 5 nitrogen and oxygen atoms in total. The van der Waals surface area contributed by atoms with E-state index in [9.17, 15) is 14.4 Å². The average Bonchev–Trinajstić information content (AvgIpc) is 2.76.